The number of morpholine rings is 1. The Morgan fingerprint density at radius 2 is 1.60 bits per heavy atom. The summed E-state index contributed by atoms with van der Waals surface area (Å²) in [5, 5.41) is 5.61. The van der Waals surface area contributed by atoms with Crippen molar-refractivity contribution in [1.29, 1.82) is 0 Å². The smallest absolute Gasteiger partial charge is 0.262 e. The van der Waals surface area contributed by atoms with Gasteiger partial charge in [0.2, 0.25) is 0 Å². The van der Waals surface area contributed by atoms with Crippen LogP contribution in [-0.2, 0) is 4.74 Å². The van der Waals surface area contributed by atoms with E-state index in [4.69, 9.17) is 4.74 Å². The maximum absolute atomic E-state index is 13.9. The molecular formula is C28H22BrN3O3. The maximum atomic E-state index is 13.9. The van der Waals surface area contributed by atoms with Gasteiger partial charge in [-0.2, -0.15) is 0 Å². The third-order valence-electron chi connectivity index (χ3n) is 7.37. The van der Waals surface area contributed by atoms with Crippen LogP contribution in [0.5, 0.6) is 0 Å². The van der Waals surface area contributed by atoms with Gasteiger partial charge in [0, 0.05) is 57.7 Å². The summed E-state index contributed by atoms with van der Waals surface area (Å²) in [6.07, 6.45) is 0. The minimum absolute atomic E-state index is 0.203. The van der Waals surface area contributed by atoms with Crippen LogP contribution in [0.3, 0.4) is 0 Å². The molecule has 0 aliphatic carbocycles. The molecule has 35 heavy (non-hydrogen) atoms. The van der Waals surface area contributed by atoms with Gasteiger partial charge in [-0.05, 0) is 29.0 Å². The number of halogens is 1. The largest absolute Gasteiger partial charge is 0.379 e. The molecule has 0 spiro atoms. The molecular weight excluding hydrogens is 506 g/mol. The van der Waals surface area contributed by atoms with Crippen LogP contribution in [0.4, 0.5) is 0 Å². The second-order valence-electron chi connectivity index (χ2n) is 9.24. The predicted molar refractivity (Wildman–Crippen MR) is 141 cm³/mol. The molecule has 4 aromatic carbocycles. The van der Waals surface area contributed by atoms with E-state index in [1.165, 1.54) is 4.90 Å². The number of carbonyl (C=O) groups is 2. The monoisotopic (exact) mass is 527 g/mol. The lowest BCUT2D eigenvalue weighted by atomic mass is 9.91. The van der Waals surface area contributed by atoms with Crippen LogP contribution >= 0.6 is 15.9 Å². The summed E-state index contributed by atoms with van der Waals surface area (Å²) in [6.45, 7) is 4.02. The third kappa shape index (κ3) is 3.08. The molecule has 2 aliphatic rings. The molecule has 7 heteroatoms. The fourth-order valence-electron chi connectivity index (χ4n) is 5.68. The number of fused-ring (bicyclic) bond motifs is 10. The summed E-state index contributed by atoms with van der Waals surface area (Å²) < 4.78 is 6.38. The molecule has 7 rings (SSSR count). The molecule has 6 nitrogen and oxygen atoms in total. The average molecular weight is 528 g/mol. The minimum Gasteiger partial charge on any atom is -0.379 e. The van der Waals surface area contributed by atoms with Crippen molar-refractivity contribution in [2.45, 2.75) is 0 Å². The summed E-state index contributed by atoms with van der Waals surface area (Å²) in [4.78, 5) is 35.1. The van der Waals surface area contributed by atoms with Crippen LogP contribution < -0.4 is 0 Å². The molecule has 0 bridgehead atoms. The lowest BCUT2D eigenvalue weighted by molar-refractivity contribution is 0.0325. The lowest BCUT2D eigenvalue weighted by Gasteiger charge is -2.27. The standard InChI is InChI=1S/C28H22BrN3O3/c29-17-6-8-21-20(15-17)23-25-24(27(33)32(28(25)34)10-9-31-11-13-35-14-12-31)22-18-4-2-1-3-16(18)5-7-19(22)26(23)30-21/h1-8,15,30H,9-14H2. The van der Waals surface area contributed by atoms with E-state index in [0.29, 0.717) is 37.4 Å². The Balaban J connectivity index is 1.51. The van der Waals surface area contributed by atoms with E-state index in [0.717, 1.165) is 60.9 Å². The molecule has 1 N–H and O–H groups in total. The number of hydrogen-bond donors (Lipinski definition) is 1. The van der Waals surface area contributed by atoms with E-state index in [2.05, 4.69) is 37.9 Å². The molecule has 0 unspecified atom stereocenters. The van der Waals surface area contributed by atoms with Gasteiger partial charge in [0.15, 0.2) is 0 Å². The number of benzene rings is 4. The maximum Gasteiger partial charge on any atom is 0.262 e. The molecule has 0 atom stereocenters. The number of aromatic nitrogens is 1. The summed E-state index contributed by atoms with van der Waals surface area (Å²) in [6, 6.07) is 18.2. The van der Waals surface area contributed by atoms with E-state index in [-0.39, 0.29) is 11.8 Å². The third-order valence-corrected chi connectivity index (χ3v) is 7.86. The normalized spacial score (nSPS) is 16.9. The highest BCUT2D eigenvalue weighted by molar-refractivity contribution is 9.10. The van der Waals surface area contributed by atoms with Gasteiger partial charge in [-0.15, -0.1) is 0 Å². The van der Waals surface area contributed by atoms with Crippen LogP contribution in [0.1, 0.15) is 20.7 Å². The summed E-state index contributed by atoms with van der Waals surface area (Å²) in [5.74, 6) is -0.412. The zero-order valence-corrected chi connectivity index (χ0v) is 20.5. The highest BCUT2D eigenvalue weighted by Crippen LogP contribution is 2.44. The van der Waals surface area contributed by atoms with E-state index in [9.17, 15) is 9.59 Å². The molecule has 5 aromatic rings. The summed E-state index contributed by atoms with van der Waals surface area (Å²) in [5.41, 5.74) is 2.88. The molecule has 0 saturated carbocycles. The second kappa shape index (κ2) is 7.88. The quantitative estimate of drug-likeness (QED) is 0.255. The number of H-pyrrole nitrogens is 1. The first kappa shape index (κ1) is 21.1. The van der Waals surface area contributed by atoms with Gasteiger partial charge in [0.1, 0.15) is 0 Å². The van der Waals surface area contributed by atoms with Gasteiger partial charge in [0.05, 0.1) is 29.9 Å². The zero-order chi connectivity index (χ0) is 23.7. The van der Waals surface area contributed by atoms with Crippen LogP contribution in [0.25, 0.3) is 43.4 Å². The van der Waals surface area contributed by atoms with Crippen LogP contribution in [-0.4, -0.2) is 66.0 Å². The molecule has 1 aromatic heterocycles. The molecule has 2 amide bonds. The number of rotatable bonds is 3. The van der Waals surface area contributed by atoms with E-state index in [1.54, 1.807) is 0 Å². The van der Waals surface area contributed by atoms with Crippen molar-refractivity contribution in [3.63, 3.8) is 0 Å². The fraction of sp³-hybridized carbons (Fsp3) is 0.214. The van der Waals surface area contributed by atoms with Crippen molar-refractivity contribution in [2.75, 3.05) is 39.4 Å². The Morgan fingerprint density at radius 3 is 2.43 bits per heavy atom. The van der Waals surface area contributed by atoms with Gasteiger partial charge in [-0.1, -0.05) is 52.3 Å². The Bertz CT molecular complexity index is 1700. The Hall–Kier alpha value is -3.26. The highest BCUT2D eigenvalue weighted by atomic mass is 79.9. The number of imide groups is 1. The van der Waals surface area contributed by atoms with E-state index >= 15 is 0 Å². The topological polar surface area (TPSA) is 65.6 Å². The van der Waals surface area contributed by atoms with E-state index < -0.39 is 0 Å². The Kier molecular flexibility index (Phi) is 4.74. The first-order valence-electron chi connectivity index (χ1n) is 11.9. The molecule has 3 heterocycles. The number of nitrogens with one attached hydrogen (secondary N) is 1. The SMILES string of the molecule is O=C1c2c(c3c4cc(Br)ccc4[nH]c3c3ccc4ccccc4c23)C(=O)N1CCN1CCOCC1. The predicted octanol–water partition coefficient (Wildman–Crippen LogP) is 5.32. The van der Waals surface area contributed by atoms with E-state index in [1.807, 2.05) is 42.5 Å². The summed E-state index contributed by atoms with van der Waals surface area (Å²) in [7, 11) is 0. The summed E-state index contributed by atoms with van der Waals surface area (Å²) >= 11 is 3.58. The molecule has 1 fully saturated rings. The van der Waals surface area contributed by atoms with Gasteiger partial charge in [-0.25, -0.2) is 0 Å². The second-order valence-corrected chi connectivity index (χ2v) is 10.2. The Morgan fingerprint density at radius 1 is 0.829 bits per heavy atom. The van der Waals surface area contributed by atoms with Gasteiger partial charge >= 0.3 is 0 Å². The number of nitrogens with zero attached hydrogens (tertiary/aromatic N) is 2. The van der Waals surface area contributed by atoms with Gasteiger partial charge < -0.3 is 9.72 Å². The molecule has 0 radical (unpaired) electrons. The minimum atomic E-state index is -0.209. The average Bonchev–Trinajstić information content (AvgIpc) is 3.37. The van der Waals surface area contributed by atoms with Crippen molar-refractivity contribution < 1.29 is 14.3 Å². The molecule has 1 saturated heterocycles. The van der Waals surface area contributed by atoms with Crippen molar-refractivity contribution in [1.82, 2.24) is 14.8 Å². The number of ether oxygens (including phenoxy) is 1. The van der Waals surface area contributed by atoms with Gasteiger partial charge in [0.25, 0.3) is 11.8 Å². The molecule has 2 aliphatic heterocycles. The van der Waals surface area contributed by atoms with Gasteiger partial charge in [-0.3, -0.25) is 19.4 Å². The molecule has 174 valence electrons. The number of carbonyl (C=O) groups excluding carboxylic acids is 2. The Labute approximate surface area is 209 Å². The van der Waals surface area contributed by atoms with Crippen molar-refractivity contribution >= 4 is 71.1 Å². The van der Waals surface area contributed by atoms with Crippen LogP contribution in [0.2, 0.25) is 0 Å². The number of hydrogen-bond acceptors (Lipinski definition) is 4. The van der Waals surface area contributed by atoms with Crippen LogP contribution in [0, 0.1) is 0 Å². The van der Waals surface area contributed by atoms with Crippen molar-refractivity contribution in [2.24, 2.45) is 0 Å². The number of aromatic amines is 1. The zero-order valence-electron chi connectivity index (χ0n) is 18.9. The first-order chi connectivity index (χ1) is 17.1. The van der Waals surface area contributed by atoms with Crippen molar-refractivity contribution in [3.05, 3.63) is 70.2 Å². The number of amides is 2. The fourth-order valence-corrected chi connectivity index (χ4v) is 6.05. The van der Waals surface area contributed by atoms with Crippen LogP contribution in [0.15, 0.2) is 59.1 Å². The highest BCUT2D eigenvalue weighted by Gasteiger charge is 2.40. The van der Waals surface area contributed by atoms with Crippen molar-refractivity contribution in [3.8, 4) is 0 Å². The lowest BCUT2D eigenvalue weighted by Crippen LogP contribution is -2.42. The first-order valence-corrected chi connectivity index (χ1v) is 12.7.